The molecular formula is C13H15N3OS. The summed E-state index contributed by atoms with van der Waals surface area (Å²) in [6.45, 7) is 4.65. The average Bonchev–Trinajstić information content (AvgIpc) is 2.86. The molecule has 0 bridgehead atoms. The van der Waals surface area contributed by atoms with E-state index in [1.807, 2.05) is 38.1 Å². The second-order valence-electron chi connectivity index (χ2n) is 3.92. The van der Waals surface area contributed by atoms with Gasteiger partial charge in [0.2, 0.25) is 5.78 Å². The van der Waals surface area contributed by atoms with Gasteiger partial charge in [0, 0.05) is 11.4 Å². The van der Waals surface area contributed by atoms with Gasteiger partial charge in [-0.25, -0.2) is 9.67 Å². The third kappa shape index (κ3) is 2.98. The van der Waals surface area contributed by atoms with E-state index in [0.29, 0.717) is 18.1 Å². The van der Waals surface area contributed by atoms with E-state index < -0.39 is 0 Å². The molecule has 18 heavy (non-hydrogen) atoms. The number of benzene rings is 1. The Morgan fingerprint density at radius 1 is 1.33 bits per heavy atom. The van der Waals surface area contributed by atoms with Crippen molar-refractivity contribution in [1.29, 1.82) is 0 Å². The highest BCUT2D eigenvalue weighted by molar-refractivity contribution is 8.00. The molecular weight excluding hydrogens is 246 g/mol. The Bertz CT molecular complexity index is 533. The number of hydrogen-bond acceptors (Lipinski definition) is 4. The van der Waals surface area contributed by atoms with Crippen LogP contribution in [-0.4, -0.2) is 26.3 Å². The quantitative estimate of drug-likeness (QED) is 0.613. The largest absolute Gasteiger partial charge is 0.290 e. The van der Waals surface area contributed by atoms with Gasteiger partial charge in [-0.1, -0.05) is 17.7 Å². The molecule has 4 nitrogen and oxygen atoms in total. The van der Waals surface area contributed by atoms with Crippen LogP contribution in [0.2, 0.25) is 0 Å². The predicted molar refractivity (Wildman–Crippen MR) is 71.9 cm³/mol. The first-order chi connectivity index (χ1) is 8.70. The van der Waals surface area contributed by atoms with Crippen LogP contribution in [0.3, 0.4) is 0 Å². The zero-order valence-corrected chi connectivity index (χ0v) is 11.3. The van der Waals surface area contributed by atoms with Gasteiger partial charge >= 0.3 is 0 Å². The maximum Gasteiger partial charge on any atom is 0.209 e. The summed E-state index contributed by atoms with van der Waals surface area (Å²) in [5.74, 6) is 0.846. The van der Waals surface area contributed by atoms with Crippen LogP contribution >= 0.6 is 11.8 Å². The van der Waals surface area contributed by atoms with Gasteiger partial charge in [-0.15, -0.1) is 11.8 Å². The molecule has 0 spiro atoms. The van der Waals surface area contributed by atoms with E-state index in [9.17, 15) is 4.79 Å². The van der Waals surface area contributed by atoms with E-state index in [1.165, 1.54) is 23.7 Å². The highest BCUT2D eigenvalue weighted by Gasteiger charge is 2.13. The highest BCUT2D eigenvalue weighted by Crippen LogP contribution is 2.19. The lowest BCUT2D eigenvalue weighted by Crippen LogP contribution is -2.12. The number of carbonyl (C=O) groups excluding carboxylic acids is 1. The molecule has 0 aliphatic rings. The fourth-order valence-electron chi connectivity index (χ4n) is 1.56. The standard InChI is InChI=1S/C13H15N3OS/c1-3-16-13(14-9-15-16)12(17)8-18-11-6-4-10(2)5-7-11/h4-7,9H,3,8H2,1-2H3. The minimum Gasteiger partial charge on any atom is -0.290 e. The first kappa shape index (κ1) is 12.8. The van der Waals surface area contributed by atoms with Crippen LogP contribution < -0.4 is 0 Å². The Balaban J connectivity index is 1.98. The highest BCUT2D eigenvalue weighted by atomic mass is 32.2. The van der Waals surface area contributed by atoms with Crippen molar-refractivity contribution in [1.82, 2.24) is 14.8 Å². The number of aromatic nitrogens is 3. The molecule has 0 fully saturated rings. The maximum atomic E-state index is 12.0. The number of nitrogens with zero attached hydrogens (tertiary/aromatic N) is 3. The van der Waals surface area contributed by atoms with Gasteiger partial charge in [0.1, 0.15) is 6.33 Å². The molecule has 0 N–H and O–H groups in total. The Morgan fingerprint density at radius 3 is 2.72 bits per heavy atom. The van der Waals surface area contributed by atoms with Crippen molar-refractivity contribution in [2.45, 2.75) is 25.3 Å². The van der Waals surface area contributed by atoms with E-state index in [-0.39, 0.29) is 5.78 Å². The van der Waals surface area contributed by atoms with Gasteiger partial charge in [0.05, 0.1) is 5.75 Å². The summed E-state index contributed by atoms with van der Waals surface area (Å²) in [6.07, 6.45) is 1.42. The zero-order chi connectivity index (χ0) is 13.0. The number of Topliss-reactive ketones (excluding diaryl/α,β-unsaturated/α-hetero) is 1. The fraction of sp³-hybridized carbons (Fsp3) is 0.308. The zero-order valence-electron chi connectivity index (χ0n) is 10.5. The molecule has 94 valence electrons. The van der Waals surface area contributed by atoms with Crippen molar-refractivity contribution in [3.63, 3.8) is 0 Å². The topological polar surface area (TPSA) is 47.8 Å². The van der Waals surface area contributed by atoms with E-state index in [1.54, 1.807) is 4.68 Å². The number of hydrogen-bond donors (Lipinski definition) is 0. The number of ketones is 1. The molecule has 5 heteroatoms. The van der Waals surface area contributed by atoms with Crippen LogP contribution in [0, 0.1) is 6.92 Å². The van der Waals surface area contributed by atoms with Crippen molar-refractivity contribution < 1.29 is 4.79 Å². The van der Waals surface area contributed by atoms with E-state index in [2.05, 4.69) is 10.1 Å². The Kier molecular flexibility index (Phi) is 4.15. The van der Waals surface area contributed by atoms with Crippen molar-refractivity contribution in [3.05, 3.63) is 42.0 Å². The summed E-state index contributed by atoms with van der Waals surface area (Å²) in [5.41, 5.74) is 1.22. The van der Waals surface area contributed by atoms with Crippen LogP contribution in [0.1, 0.15) is 23.1 Å². The second-order valence-corrected chi connectivity index (χ2v) is 4.97. The summed E-state index contributed by atoms with van der Waals surface area (Å²) in [5, 5.41) is 4.00. The number of rotatable bonds is 5. The van der Waals surface area contributed by atoms with Crippen molar-refractivity contribution in [2.24, 2.45) is 0 Å². The molecule has 2 rings (SSSR count). The molecule has 2 aromatic rings. The molecule has 0 unspecified atom stereocenters. The minimum absolute atomic E-state index is 0.0138. The molecule has 0 aliphatic heterocycles. The molecule has 0 radical (unpaired) electrons. The molecule has 1 aromatic heterocycles. The predicted octanol–water partition coefficient (Wildman–Crippen LogP) is 2.58. The second kappa shape index (κ2) is 5.82. The van der Waals surface area contributed by atoms with E-state index in [4.69, 9.17) is 0 Å². The molecule has 1 heterocycles. The normalized spacial score (nSPS) is 10.6. The van der Waals surface area contributed by atoms with Crippen molar-refractivity contribution >= 4 is 17.5 Å². The van der Waals surface area contributed by atoms with Gasteiger partial charge < -0.3 is 0 Å². The van der Waals surface area contributed by atoms with Gasteiger partial charge in [0.15, 0.2) is 5.82 Å². The molecule has 0 atom stereocenters. The summed E-state index contributed by atoms with van der Waals surface area (Å²) in [4.78, 5) is 17.1. The SMILES string of the molecule is CCn1ncnc1C(=O)CSc1ccc(C)cc1. The molecule has 0 saturated carbocycles. The summed E-state index contributed by atoms with van der Waals surface area (Å²) < 4.78 is 1.62. The van der Waals surface area contributed by atoms with E-state index in [0.717, 1.165) is 4.90 Å². The van der Waals surface area contributed by atoms with Gasteiger partial charge in [-0.2, -0.15) is 5.10 Å². The Morgan fingerprint density at radius 2 is 2.06 bits per heavy atom. The van der Waals surface area contributed by atoms with E-state index >= 15 is 0 Å². The summed E-state index contributed by atoms with van der Waals surface area (Å²) in [7, 11) is 0. The molecule has 1 aromatic carbocycles. The lowest BCUT2D eigenvalue weighted by molar-refractivity contribution is 0.100. The molecule has 0 saturated heterocycles. The Labute approximate surface area is 110 Å². The third-order valence-electron chi connectivity index (χ3n) is 2.56. The first-order valence-electron chi connectivity index (χ1n) is 5.81. The van der Waals surface area contributed by atoms with Crippen LogP contribution in [-0.2, 0) is 6.54 Å². The van der Waals surface area contributed by atoms with Crippen LogP contribution in [0.4, 0.5) is 0 Å². The minimum atomic E-state index is 0.0138. The number of carbonyl (C=O) groups is 1. The lowest BCUT2D eigenvalue weighted by atomic mass is 10.2. The number of aryl methyl sites for hydroxylation is 2. The fourth-order valence-corrected chi connectivity index (χ4v) is 2.31. The monoisotopic (exact) mass is 261 g/mol. The lowest BCUT2D eigenvalue weighted by Gasteiger charge is -2.03. The van der Waals surface area contributed by atoms with Crippen LogP contribution in [0.15, 0.2) is 35.5 Å². The van der Waals surface area contributed by atoms with Crippen molar-refractivity contribution in [3.8, 4) is 0 Å². The maximum absolute atomic E-state index is 12.0. The summed E-state index contributed by atoms with van der Waals surface area (Å²) >= 11 is 1.52. The Hall–Kier alpha value is -1.62. The average molecular weight is 261 g/mol. The molecule has 0 amide bonds. The van der Waals surface area contributed by atoms with Crippen molar-refractivity contribution in [2.75, 3.05) is 5.75 Å². The van der Waals surface area contributed by atoms with Crippen LogP contribution in [0.5, 0.6) is 0 Å². The number of thioether (sulfide) groups is 1. The first-order valence-corrected chi connectivity index (χ1v) is 6.79. The van der Waals surface area contributed by atoms with Gasteiger partial charge in [-0.3, -0.25) is 4.79 Å². The summed E-state index contributed by atoms with van der Waals surface area (Å²) in [6, 6.07) is 8.14. The molecule has 0 aliphatic carbocycles. The van der Waals surface area contributed by atoms with Gasteiger partial charge in [-0.05, 0) is 26.0 Å². The van der Waals surface area contributed by atoms with Crippen LogP contribution in [0.25, 0.3) is 0 Å². The van der Waals surface area contributed by atoms with Gasteiger partial charge in [0.25, 0.3) is 0 Å². The smallest absolute Gasteiger partial charge is 0.209 e. The third-order valence-corrected chi connectivity index (χ3v) is 3.57.